The highest BCUT2D eigenvalue weighted by Gasteiger charge is 2.09. The highest BCUT2D eigenvalue weighted by molar-refractivity contribution is 9.10. The number of rotatable bonds is 3. The molecule has 0 aliphatic carbocycles. The molecule has 2 aromatic rings. The normalized spacial score (nSPS) is 12.4. The van der Waals surface area contributed by atoms with Crippen LogP contribution in [0.4, 0.5) is 5.69 Å². The molecule has 0 saturated carbocycles. The van der Waals surface area contributed by atoms with Gasteiger partial charge in [0.15, 0.2) is 0 Å². The molecule has 0 aromatic carbocycles. The molecule has 0 bridgehead atoms. The first-order valence-electron chi connectivity index (χ1n) is 5.08. The third-order valence-corrected chi connectivity index (χ3v) is 2.71. The molecule has 2 heterocycles. The third kappa shape index (κ3) is 2.64. The maximum absolute atomic E-state index is 5.55. The Balaban J connectivity index is 2.10. The predicted octanol–water partition coefficient (Wildman–Crippen LogP) is 3.92. The van der Waals surface area contributed by atoms with Crippen molar-refractivity contribution in [1.82, 2.24) is 4.98 Å². The molecule has 0 aliphatic rings. The van der Waals surface area contributed by atoms with Gasteiger partial charge in [0.25, 0.3) is 0 Å². The van der Waals surface area contributed by atoms with E-state index in [1.54, 1.807) is 12.4 Å². The molecule has 2 aromatic heterocycles. The van der Waals surface area contributed by atoms with Crippen molar-refractivity contribution in [1.29, 1.82) is 0 Å². The minimum atomic E-state index is 0.129. The van der Waals surface area contributed by atoms with Crippen molar-refractivity contribution < 1.29 is 4.42 Å². The third-order valence-electron chi connectivity index (χ3n) is 2.28. The van der Waals surface area contributed by atoms with Crippen LogP contribution in [0.15, 0.2) is 39.5 Å². The van der Waals surface area contributed by atoms with Gasteiger partial charge >= 0.3 is 0 Å². The van der Waals surface area contributed by atoms with Crippen LogP contribution in [0.2, 0.25) is 0 Å². The molecule has 4 heteroatoms. The van der Waals surface area contributed by atoms with Crippen molar-refractivity contribution in [2.75, 3.05) is 5.32 Å². The molecule has 3 nitrogen and oxygen atoms in total. The summed E-state index contributed by atoms with van der Waals surface area (Å²) in [5.41, 5.74) is 0.968. The molecule has 16 heavy (non-hydrogen) atoms. The van der Waals surface area contributed by atoms with Gasteiger partial charge in [0.05, 0.1) is 17.9 Å². The van der Waals surface area contributed by atoms with E-state index in [1.165, 1.54) is 0 Å². The van der Waals surface area contributed by atoms with Crippen LogP contribution in [0, 0.1) is 6.92 Å². The second-order valence-corrected chi connectivity index (χ2v) is 4.62. The second kappa shape index (κ2) is 4.70. The van der Waals surface area contributed by atoms with Crippen LogP contribution >= 0.6 is 15.9 Å². The largest absolute Gasteiger partial charge is 0.464 e. The van der Waals surface area contributed by atoms with E-state index in [1.807, 2.05) is 25.1 Å². The van der Waals surface area contributed by atoms with Crippen molar-refractivity contribution in [3.63, 3.8) is 0 Å². The maximum Gasteiger partial charge on any atom is 0.126 e. The molecule has 0 fully saturated rings. The van der Waals surface area contributed by atoms with Gasteiger partial charge in [-0.2, -0.15) is 0 Å². The van der Waals surface area contributed by atoms with Crippen LogP contribution in [0.1, 0.15) is 24.5 Å². The summed E-state index contributed by atoms with van der Waals surface area (Å²) in [4.78, 5) is 4.10. The summed E-state index contributed by atoms with van der Waals surface area (Å²) in [6, 6.07) is 6.06. The SMILES string of the molecule is Cc1ccc(C(C)Nc2cncc(Br)c2)o1. The zero-order valence-corrected chi connectivity index (χ0v) is 10.8. The van der Waals surface area contributed by atoms with Gasteiger partial charge < -0.3 is 9.73 Å². The number of nitrogens with one attached hydrogen (secondary N) is 1. The first kappa shape index (κ1) is 11.2. The van der Waals surface area contributed by atoms with Crippen LogP contribution in [0.3, 0.4) is 0 Å². The molecule has 0 radical (unpaired) electrons. The Morgan fingerprint density at radius 3 is 2.81 bits per heavy atom. The number of anilines is 1. The fourth-order valence-electron chi connectivity index (χ4n) is 1.50. The van der Waals surface area contributed by atoms with E-state index in [2.05, 4.69) is 33.2 Å². The minimum Gasteiger partial charge on any atom is -0.464 e. The standard InChI is InChI=1S/C12H13BrN2O/c1-8-3-4-12(16-8)9(2)15-11-5-10(13)6-14-7-11/h3-7,9,15H,1-2H3. The lowest BCUT2D eigenvalue weighted by molar-refractivity contribution is 0.467. The van der Waals surface area contributed by atoms with Crippen molar-refractivity contribution in [3.05, 3.63) is 46.6 Å². The van der Waals surface area contributed by atoms with Crippen LogP contribution in [0.5, 0.6) is 0 Å². The molecule has 84 valence electrons. The molecule has 1 atom stereocenters. The van der Waals surface area contributed by atoms with Crippen LogP contribution < -0.4 is 5.32 Å². The van der Waals surface area contributed by atoms with Crippen molar-refractivity contribution in [2.45, 2.75) is 19.9 Å². The fourth-order valence-corrected chi connectivity index (χ4v) is 1.86. The van der Waals surface area contributed by atoms with Gasteiger partial charge in [-0.05, 0) is 48.0 Å². The lowest BCUT2D eigenvalue weighted by Gasteiger charge is -2.12. The Morgan fingerprint density at radius 2 is 2.19 bits per heavy atom. The summed E-state index contributed by atoms with van der Waals surface area (Å²) in [6.45, 7) is 4.00. The number of furan rings is 1. The number of hydrogen-bond donors (Lipinski definition) is 1. The Hall–Kier alpha value is -1.29. The zero-order valence-electron chi connectivity index (χ0n) is 9.20. The second-order valence-electron chi connectivity index (χ2n) is 3.71. The highest BCUT2D eigenvalue weighted by Crippen LogP contribution is 2.22. The molecule has 0 amide bonds. The number of pyridine rings is 1. The Bertz CT molecular complexity index is 481. The van der Waals surface area contributed by atoms with Crippen LogP contribution in [-0.2, 0) is 0 Å². The average molecular weight is 281 g/mol. The fraction of sp³-hybridized carbons (Fsp3) is 0.250. The first-order valence-corrected chi connectivity index (χ1v) is 5.88. The van der Waals surface area contributed by atoms with E-state index in [0.717, 1.165) is 21.7 Å². The van der Waals surface area contributed by atoms with Gasteiger partial charge in [0.2, 0.25) is 0 Å². The number of halogens is 1. The van der Waals surface area contributed by atoms with Crippen LogP contribution in [-0.4, -0.2) is 4.98 Å². The number of aromatic nitrogens is 1. The molecule has 0 spiro atoms. The summed E-state index contributed by atoms with van der Waals surface area (Å²) in [5.74, 6) is 1.86. The predicted molar refractivity (Wildman–Crippen MR) is 67.4 cm³/mol. The van der Waals surface area contributed by atoms with Crippen molar-refractivity contribution >= 4 is 21.6 Å². The van der Waals surface area contributed by atoms with E-state index in [9.17, 15) is 0 Å². The van der Waals surface area contributed by atoms with E-state index >= 15 is 0 Å². The molecule has 2 rings (SSSR count). The quantitative estimate of drug-likeness (QED) is 0.926. The van der Waals surface area contributed by atoms with Crippen molar-refractivity contribution in [2.24, 2.45) is 0 Å². The van der Waals surface area contributed by atoms with Gasteiger partial charge in [-0.3, -0.25) is 4.98 Å². The maximum atomic E-state index is 5.55. The topological polar surface area (TPSA) is 38.1 Å². The smallest absolute Gasteiger partial charge is 0.126 e. The van der Waals surface area contributed by atoms with E-state index < -0.39 is 0 Å². The van der Waals surface area contributed by atoms with Gasteiger partial charge in [-0.25, -0.2) is 0 Å². The molecular formula is C12H13BrN2O. The monoisotopic (exact) mass is 280 g/mol. The van der Waals surface area contributed by atoms with Gasteiger partial charge in [-0.15, -0.1) is 0 Å². The lowest BCUT2D eigenvalue weighted by atomic mass is 10.2. The summed E-state index contributed by atoms with van der Waals surface area (Å²) < 4.78 is 6.51. The number of aryl methyl sites for hydroxylation is 1. The molecule has 0 aliphatic heterocycles. The number of hydrogen-bond acceptors (Lipinski definition) is 3. The Labute approximate surface area is 103 Å². The first-order chi connectivity index (χ1) is 7.65. The highest BCUT2D eigenvalue weighted by atomic mass is 79.9. The van der Waals surface area contributed by atoms with Gasteiger partial charge in [-0.1, -0.05) is 0 Å². The summed E-state index contributed by atoms with van der Waals surface area (Å²) >= 11 is 3.39. The van der Waals surface area contributed by atoms with E-state index in [0.29, 0.717) is 0 Å². The lowest BCUT2D eigenvalue weighted by Crippen LogP contribution is -2.05. The molecule has 0 saturated heterocycles. The van der Waals surface area contributed by atoms with Crippen LogP contribution in [0.25, 0.3) is 0 Å². The zero-order chi connectivity index (χ0) is 11.5. The summed E-state index contributed by atoms with van der Waals surface area (Å²) in [7, 11) is 0. The molecule has 1 N–H and O–H groups in total. The molecule has 1 unspecified atom stereocenters. The Morgan fingerprint density at radius 1 is 1.38 bits per heavy atom. The van der Waals surface area contributed by atoms with Gasteiger partial charge in [0.1, 0.15) is 11.5 Å². The minimum absolute atomic E-state index is 0.129. The Kier molecular flexibility index (Phi) is 3.29. The van der Waals surface area contributed by atoms with Gasteiger partial charge in [0, 0.05) is 10.7 Å². The van der Waals surface area contributed by atoms with Crippen molar-refractivity contribution in [3.8, 4) is 0 Å². The summed E-state index contributed by atoms with van der Waals surface area (Å²) in [5, 5.41) is 3.33. The van der Waals surface area contributed by atoms with E-state index in [-0.39, 0.29) is 6.04 Å². The molecular weight excluding hydrogens is 268 g/mol. The average Bonchev–Trinajstić information content (AvgIpc) is 2.65. The van der Waals surface area contributed by atoms with E-state index in [4.69, 9.17) is 4.42 Å². The number of nitrogens with zero attached hydrogens (tertiary/aromatic N) is 1. The summed E-state index contributed by atoms with van der Waals surface area (Å²) in [6.07, 6.45) is 3.55.